The zero-order valence-electron chi connectivity index (χ0n) is 10.6. The van der Waals surface area contributed by atoms with E-state index in [4.69, 9.17) is 0 Å². The standard InChI is InChI=1S/C13H14N2O3S/c1-9-3-4-10(2)12(7-9)15-19(17,18)11-5-6-13(16)14-8-11/h3-8,15H,1-2H3,(H,14,16). The molecule has 2 aromatic rings. The molecule has 2 N–H and O–H groups in total. The smallest absolute Gasteiger partial charge is 0.263 e. The summed E-state index contributed by atoms with van der Waals surface area (Å²) in [6, 6.07) is 7.97. The van der Waals surface area contributed by atoms with E-state index in [1.807, 2.05) is 26.0 Å². The summed E-state index contributed by atoms with van der Waals surface area (Å²) in [5.74, 6) is 0. The van der Waals surface area contributed by atoms with E-state index in [2.05, 4.69) is 9.71 Å². The molecule has 0 unspecified atom stereocenters. The van der Waals surface area contributed by atoms with Crippen molar-refractivity contribution < 1.29 is 8.42 Å². The average molecular weight is 278 g/mol. The second-order valence-corrected chi connectivity index (χ2v) is 5.99. The highest BCUT2D eigenvalue weighted by molar-refractivity contribution is 7.92. The normalized spacial score (nSPS) is 11.3. The largest absolute Gasteiger partial charge is 0.328 e. The topological polar surface area (TPSA) is 79.0 Å². The fourth-order valence-electron chi connectivity index (χ4n) is 1.61. The van der Waals surface area contributed by atoms with Crippen LogP contribution >= 0.6 is 0 Å². The third-order valence-electron chi connectivity index (χ3n) is 2.70. The second-order valence-electron chi connectivity index (χ2n) is 4.31. The van der Waals surface area contributed by atoms with Crippen LogP contribution in [0.3, 0.4) is 0 Å². The van der Waals surface area contributed by atoms with Gasteiger partial charge in [-0.2, -0.15) is 0 Å². The maximum absolute atomic E-state index is 12.1. The van der Waals surface area contributed by atoms with Crippen molar-refractivity contribution in [3.8, 4) is 0 Å². The Labute approximate surface area is 111 Å². The third kappa shape index (κ3) is 3.03. The van der Waals surface area contributed by atoms with Crippen molar-refractivity contribution in [1.82, 2.24) is 4.98 Å². The number of hydrogen-bond acceptors (Lipinski definition) is 3. The molecule has 0 bridgehead atoms. The van der Waals surface area contributed by atoms with Gasteiger partial charge in [-0.25, -0.2) is 8.42 Å². The van der Waals surface area contributed by atoms with Gasteiger partial charge < -0.3 is 4.98 Å². The van der Waals surface area contributed by atoms with Crippen molar-refractivity contribution in [1.29, 1.82) is 0 Å². The molecule has 0 spiro atoms. The van der Waals surface area contributed by atoms with Gasteiger partial charge in [0.25, 0.3) is 10.0 Å². The molecule has 0 aliphatic carbocycles. The predicted molar refractivity (Wildman–Crippen MR) is 73.8 cm³/mol. The third-order valence-corrected chi connectivity index (χ3v) is 4.07. The van der Waals surface area contributed by atoms with E-state index in [9.17, 15) is 13.2 Å². The van der Waals surface area contributed by atoms with Gasteiger partial charge in [0.1, 0.15) is 4.90 Å². The Morgan fingerprint density at radius 2 is 1.84 bits per heavy atom. The summed E-state index contributed by atoms with van der Waals surface area (Å²) in [6.45, 7) is 3.71. The van der Waals surface area contributed by atoms with Gasteiger partial charge in [0.15, 0.2) is 0 Å². The molecule has 6 heteroatoms. The molecule has 19 heavy (non-hydrogen) atoms. The van der Waals surface area contributed by atoms with E-state index in [1.54, 1.807) is 6.07 Å². The average Bonchev–Trinajstić information content (AvgIpc) is 2.34. The van der Waals surface area contributed by atoms with Crippen molar-refractivity contribution in [2.45, 2.75) is 18.7 Å². The number of H-pyrrole nitrogens is 1. The zero-order valence-corrected chi connectivity index (χ0v) is 11.4. The first-order valence-electron chi connectivity index (χ1n) is 5.67. The monoisotopic (exact) mass is 278 g/mol. The van der Waals surface area contributed by atoms with E-state index in [1.165, 1.54) is 18.3 Å². The first-order chi connectivity index (χ1) is 8.88. The molecular weight excluding hydrogens is 264 g/mol. The number of aromatic nitrogens is 1. The lowest BCUT2D eigenvalue weighted by molar-refractivity contribution is 0.600. The highest BCUT2D eigenvalue weighted by Gasteiger charge is 2.15. The fourth-order valence-corrected chi connectivity index (χ4v) is 2.70. The van der Waals surface area contributed by atoms with Crippen LogP contribution in [0, 0.1) is 13.8 Å². The molecule has 0 saturated carbocycles. The number of pyridine rings is 1. The molecule has 0 aliphatic rings. The molecule has 0 radical (unpaired) electrons. The molecule has 0 atom stereocenters. The van der Waals surface area contributed by atoms with E-state index in [0.29, 0.717) is 5.69 Å². The minimum Gasteiger partial charge on any atom is -0.328 e. The van der Waals surface area contributed by atoms with E-state index >= 15 is 0 Å². The lowest BCUT2D eigenvalue weighted by Crippen LogP contribution is -2.15. The number of aryl methyl sites for hydroxylation is 2. The molecule has 0 fully saturated rings. The molecule has 0 aliphatic heterocycles. The summed E-state index contributed by atoms with van der Waals surface area (Å²) in [7, 11) is -3.69. The number of anilines is 1. The summed E-state index contributed by atoms with van der Waals surface area (Å²) in [5, 5.41) is 0. The number of aromatic amines is 1. The molecule has 1 aromatic carbocycles. The van der Waals surface area contributed by atoms with E-state index < -0.39 is 10.0 Å². The van der Waals surface area contributed by atoms with E-state index in [0.717, 1.165) is 11.1 Å². The van der Waals surface area contributed by atoms with Gasteiger partial charge in [-0.15, -0.1) is 0 Å². The predicted octanol–water partition coefficient (Wildman–Crippen LogP) is 1.79. The molecule has 1 heterocycles. The van der Waals surface area contributed by atoms with Gasteiger partial charge >= 0.3 is 0 Å². The molecular formula is C13H14N2O3S. The van der Waals surface area contributed by atoms with Crippen LogP contribution in [0.2, 0.25) is 0 Å². The van der Waals surface area contributed by atoms with Gasteiger partial charge in [-0.05, 0) is 37.1 Å². The van der Waals surface area contributed by atoms with Crippen molar-refractivity contribution in [2.24, 2.45) is 0 Å². The summed E-state index contributed by atoms with van der Waals surface area (Å²) in [5.41, 5.74) is 1.99. The zero-order chi connectivity index (χ0) is 14.0. The number of nitrogens with one attached hydrogen (secondary N) is 2. The maximum atomic E-state index is 12.1. The molecule has 0 amide bonds. The number of hydrogen-bond donors (Lipinski definition) is 2. The Morgan fingerprint density at radius 3 is 2.47 bits per heavy atom. The van der Waals surface area contributed by atoms with Crippen LogP contribution < -0.4 is 10.3 Å². The van der Waals surface area contributed by atoms with Crippen LogP contribution in [0.1, 0.15) is 11.1 Å². The van der Waals surface area contributed by atoms with Crippen molar-refractivity contribution in [3.63, 3.8) is 0 Å². The molecule has 0 saturated heterocycles. The Bertz CT molecular complexity index is 743. The lowest BCUT2D eigenvalue weighted by Gasteiger charge is -2.11. The minimum absolute atomic E-state index is 0.0213. The molecule has 100 valence electrons. The van der Waals surface area contributed by atoms with Gasteiger partial charge in [0.2, 0.25) is 5.56 Å². The van der Waals surface area contributed by atoms with Crippen LogP contribution in [0.5, 0.6) is 0 Å². The van der Waals surface area contributed by atoms with Crippen LogP contribution in [0.15, 0.2) is 46.2 Å². The quantitative estimate of drug-likeness (QED) is 0.898. The Hall–Kier alpha value is -2.08. The van der Waals surface area contributed by atoms with Crippen molar-refractivity contribution in [3.05, 3.63) is 58.0 Å². The second kappa shape index (κ2) is 4.89. The highest BCUT2D eigenvalue weighted by Crippen LogP contribution is 2.20. The summed E-state index contributed by atoms with van der Waals surface area (Å²) in [4.78, 5) is 13.3. The van der Waals surface area contributed by atoms with Crippen LogP contribution in [0.25, 0.3) is 0 Å². The molecule has 1 aromatic heterocycles. The minimum atomic E-state index is -3.69. The van der Waals surface area contributed by atoms with Gasteiger partial charge in [-0.1, -0.05) is 12.1 Å². The molecule has 5 nitrogen and oxygen atoms in total. The van der Waals surface area contributed by atoms with Crippen LogP contribution in [-0.2, 0) is 10.0 Å². The molecule has 2 rings (SSSR count). The number of rotatable bonds is 3. The van der Waals surface area contributed by atoms with Crippen LogP contribution in [0.4, 0.5) is 5.69 Å². The van der Waals surface area contributed by atoms with Gasteiger partial charge in [0.05, 0.1) is 5.69 Å². The summed E-state index contributed by atoms with van der Waals surface area (Å²) in [6.07, 6.45) is 1.18. The van der Waals surface area contributed by atoms with Crippen molar-refractivity contribution >= 4 is 15.7 Å². The maximum Gasteiger partial charge on any atom is 0.263 e. The van der Waals surface area contributed by atoms with E-state index in [-0.39, 0.29) is 10.5 Å². The summed E-state index contributed by atoms with van der Waals surface area (Å²) >= 11 is 0. The Morgan fingerprint density at radius 1 is 1.11 bits per heavy atom. The Kier molecular flexibility index (Phi) is 3.44. The fraction of sp³-hybridized carbons (Fsp3) is 0.154. The van der Waals surface area contributed by atoms with Gasteiger partial charge in [-0.3, -0.25) is 9.52 Å². The van der Waals surface area contributed by atoms with Crippen molar-refractivity contribution in [2.75, 3.05) is 4.72 Å². The SMILES string of the molecule is Cc1ccc(C)c(NS(=O)(=O)c2ccc(=O)[nH]c2)c1. The first kappa shape index (κ1) is 13.4. The first-order valence-corrected chi connectivity index (χ1v) is 7.15. The lowest BCUT2D eigenvalue weighted by atomic mass is 10.1. The summed E-state index contributed by atoms with van der Waals surface area (Å²) < 4.78 is 26.8. The number of sulfonamides is 1. The highest BCUT2D eigenvalue weighted by atomic mass is 32.2. The Balaban J connectivity index is 2.39. The number of benzene rings is 1. The van der Waals surface area contributed by atoms with Crippen LogP contribution in [-0.4, -0.2) is 13.4 Å². The van der Waals surface area contributed by atoms with Gasteiger partial charge in [0, 0.05) is 12.3 Å².